The number of carbonyl (C=O) groups excluding carboxylic acids is 1. The zero-order valence-electron chi connectivity index (χ0n) is 23.3. The normalized spacial score (nSPS) is 18.3. The summed E-state index contributed by atoms with van der Waals surface area (Å²) in [5.41, 5.74) is 12.3. The molecule has 1 aliphatic heterocycles. The van der Waals surface area contributed by atoms with Crippen molar-refractivity contribution in [1.82, 2.24) is 0 Å². The molecule has 0 saturated carbocycles. The number of aryl methyl sites for hydroxylation is 1. The molecule has 0 bridgehead atoms. The van der Waals surface area contributed by atoms with Crippen LogP contribution in [0.5, 0.6) is 5.75 Å². The first-order valence-electron chi connectivity index (χ1n) is 13.3. The first-order valence-corrected chi connectivity index (χ1v) is 14.1. The van der Waals surface area contributed by atoms with E-state index in [0.717, 1.165) is 28.0 Å². The number of halogens is 3. The molecule has 2 N–H and O–H groups in total. The summed E-state index contributed by atoms with van der Waals surface area (Å²) < 4.78 is 19.3. The van der Waals surface area contributed by atoms with Crippen LogP contribution in [-0.2, 0) is 11.4 Å². The van der Waals surface area contributed by atoms with Crippen LogP contribution >= 0.6 is 23.2 Å². The van der Waals surface area contributed by atoms with Gasteiger partial charge in [0.15, 0.2) is 5.78 Å². The lowest BCUT2D eigenvalue weighted by molar-refractivity contribution is -0.118. The summed E-state index contributed by atoms with van der Waals surface area (Å²) in [6.45, 7) is 8.28. The third-order valence-electron chi connectivity index (χ3n) is 7.76. The Morgan fingerprint density at radius 2 is 1.78 bits per heavy atom. The standard InChI is InChI=1S/C33H30Cl2FN3O2/c1-18-11-20(17-41-23-8-5-21(36)6-9-23)19(2)24(12-18)30-25(16-37)32(38)39(22-7-10-26(34)27(35)13-22)28-14-33(3,4)15-29(40)31(28)30/h5-13,30H,14-15,17,38H2,1-4H3. The van der Waals surface area contributed by atoms with E-state index in [-0.39, 0.29) is 29.4 Å². The monoisotopic (exact) mass is 589 g/mol. The molecule has 3 aromatic carbocycles. The summed E-state index contributed by atoms with van der Waals surface area (Å²) in [5, 5.41) is 11.2. The largest absolute Gasteiger partial charge is 0.489 e. The van der Waals surface area contributed by atoms with Gasteiger partial charge in [0.1, 0.15) is 24.0 Å². The molecule has 0 saturated heterocycles. The number of carbonyl (C=O) groups is 1. The Labute approximate surface area is 249 Å². The van der Waals surface area contributed by atoms with E-state index in [4.69, 9.17) is 33.7 Å². The third-order valence-corrected chi connectivity index (χ3v) is 8.50. The van der Waals surface area contributed by atoms with Crippen LogP contribution in [0, 0.1) is 36.4 Å². The number of allylic oxidation sites excluding steroid dienone is 3. The molecule has 5 nitrogen and oxygen atoms in total. The van der Waals surface area contributed by atoms with Gasteiger partial charge in [-0.2, -0.15) is 5.26 Å². The molecule has 41 heavy (non-hydrogen) atoms. The van der Waals surface area contributed by atoms with Crippen LogP contribution in [0.4, 0.5) is 10.1 Å². The molecule has 210 valence electrons. The number of ether oxygens (including phenoxy) is 1. The molecule has 8 heteroatoms. The zero-order chi connectivity index (χ0) is 29.6. The maximum Gasteiger partial charge on any atom is 0.162 e. The second kappa shape index (κ2) is 10.9. The van der Waals surface area contributed by atoms with Gasteiger partial charge in [0.25, 0.3) is 0 Å². The minimum atomic E-state index is -0.637. The molecule has 0 fully saturated rings. The zero-order valence-corrected chi connectivity index (χ0v) is 24.8. The molecule has 0 spiro atoms. The number of nitriles is 1. The number of benzene rings is 3. The maximum absolute atomic E-state index is 14.0. The van der Waals surface area contributed by atoms with Gasteiger partial charge in [0, 0.05) is 23.4 Å². The first kappa shape index (κ1) is 28.7. The van der Waals surface area contributed by atoms with Gasteiger partial charge in [-0.3, -0.25) is 9.69 Å². The second-order valence-corrected chi connectivity index (χ2v) is 12.3. The van der Waals surface area contributed by atoms with E-state index in [9.17, 15) is 14.4 Å². The lowest BCUT2D eigenvalue weighted by Crippen LogP contribution is -2.42. The van der Waals surface area contributed by atoms with Crippen molar-refractivity contribution in [2.45, 2.75) is 53.1 Å². The van der Waals surface area contributed by atoms with E-state index in [1.165, 1.54) is 12.1 Å². The number of rotatable bonds is 5. The summed E-state index contributed by atoms with van der Waals surface area (Å²) >= 11 is 12.6. The van der Waals surface area contributed by atoms with Crippen molar-refractivity contribution in [1.29, 1.82) is 5.26 Å². The number of hydrogen-bond acceptors (Lipinski definition) is 5. The van der Waals surface area contributed by atoms with Crippen molar-refractivity contribution in [3.8, 4) is 11.8 Å². The quantitative estimate of drug-likeness (QED) is 0.324. The van der Waals surface area contributed by atoms with Crippen LogP contribution in [0.3, 0.4) is 0 Å². The molecule has 5 rings (SSSR count). The minimum absolute atomic E-state index is 0.0171. The van der Waals surface area contributed by atoms with E-state index in [2.05, 4.69) is 19.9 Å². The fourth-order valence-corrected chi connectivity index (χ4v) is 6.14. The molecule has 1 atom stereocenters. The van der Waals surface area contributed by atoms with Crippen LogP contribution in [0.25, 0.3) is 0 Å². The van der Waals surface area contributed by atoms with Gasteiger partial charge in [-0.25, -0.2) is 4.39 Å². The molecule has 1 aliphatic carbocycles. The summed E-state index contributed by atoms with van der Waals surface area (Å²) in [6, 6.07) is 17.4. The van der Waals surface area contributed by atoms with E-state index >= 15 is 0 Å². The summed E-state index contributed by atoms with van der Waals surface area (Å²) in [4.78, 5) is 15.7. The van der Waals surface area contributed by atoms with E-state index in [1.807, 2.05) is 26.0 Å². The predicted molar refractivity (Wildman–Crippen MR) is 160 cm³/mol. The lowest BCUT2D eigenvalue weighted by atomic mass is 9.68. The summed E-state index contributed by atoms with van der Waals surface area (Å²) in [6.07, 6.45) is 0.928. The van der Waals surface area contributed by atoms with Crippen LogP contribution in [-0.4, -0.2) is 5.78 Å². The van der Waals surface area contributed by atoms with Crippen LogP contribution in [0.15, 0.2) is 77.3 Å². The molecular formula is C33H30Cl2FN3O2. The van der Waals surface area contributed by atoms with E-state index < -0.39 is 5.92 Å². The van der Waals surface area contributed by atoms with Gasteiger partial charge in [0.05, 0.1) is 27.6 Å². The highest BCUT2D eigenvalue weighted by Gasteiger charge is 2.45. The SMILES string of the molecule is Cc1cc(COc2ccc(F)cc2)c(C)c(C2C(C#N)=C(N)N(c3ccc(Cl)c(Cl)c3)C3=C2C(=O)CC(C)(C)C3)c1. The Kier molecular flexibility index (Phi) is 7.63. The highest BCUT2D eigenvalue weighted by molar-refractivity contribution is 6.42. The topological polar surface area (TPSA) is 79.3 Å². The number of ketones is 1. The highest BCUT2D eigenvalue weighted by Crippen LogP contribution is 2.51. The van der Waals surface area contributed by atoms with E-state index in [0.29, 0.717) is 45.5 Å². The maximum atomic E-state index is 14.0. The molecular weight excluding hydrogens is 560 g/mol. The molecule has 2 aliphatic rings. The highest BCUT2D eigenvalue weighted by atomic mass is 35.5. The van der Waals surface area contributed by atoms with Crippen LogP contribution < -0.4 is 15.4 Å². The van der Waals surface area contributed by atoms with Gasteiger partial charge in [-0.05, 0) is 84.8 Å². The Hall–Kier alpha value is -3.79. The Balaban J connectivity index is 1.67. The van der Waals surface area contributed by atoms with Crippen LogP contribution in [0.2, 0.25) is 10.0 Å². The third kappa shape index (κ3) is 5.45. The van der Waals surface area contributed by atoms with Gasteiger partial charge in [-0.15, -0.1) is 0 Å². The minimum Gasteiger partial charge on any atom is -0.489 e. The molecule has 0 amide bonds. The van der Waals surface area contributed by atoms with Gasteiger partial charge in [-0.1, -0.05) is 54.7 Å². The number of anilines is 1. The fourth-order valence-electron chi connectivity index (χ4n) is 5.84. The number of nitrogens with zero attached hydrogens (tertiary/aromatic N) is 2. The molecule has 3 aromatic rings. The Morgan fingerprint density at radius 1 is 1.07 bits per heavy atom. The van der Waals surface area contributed by atoms with Crippen molar-refractivity contribution in [2.24, 2.45) is 11.1 Å². The van der Waals surface area contributed by atoms with Crippen molar-refractivity contribution in [3.63, 3.8) is 0 Å². The van der Waals surface area contributed by atoms with E-state index in [1.54, 1.807) is 35.2 Å². The van der Waals surface area contributed by atoms with Crippen molar-refractivity contribution < 1.29 is 13.9 Å². The van der Waals surface area contributed by atoms with Crippen LogP contribution in [0.1, 0.15) is 54.9 Å². The molecule has 0 radical (unpaired) electrons. The van der Waals surface area contributed by atoms with Gasteiger partial charge < -0.3 is 10.5 Å². The number of nitrogens with two attached hydrogens (primary N) is 1. The fraction of sp³-hybridized carbons (Fsp3) is 0.273. The lowest BCUT2D eigenvalue weighted by Gasteiger charge is -2.44. The summed E-state index contributed by atoms with van der Waals surface area (Å²) in [7, 11) is 0. The first-order chi connectivity index (χ1) is 19.4. The van der Waals surface area contributed by atoms with Crippen molar-refractivity contribution >= 4 is 34.7 Å². The van der Waals surface area contributed by atoms with Crippen molar-refractivity contribution in [3.05, 3.63) is 115 Å². The van der Waals surface area contributed by atoms with Gasteiger partial charge in [0.2, 0.25) is 0 Å². The average molecular weight is 591 g/mol. The molecule has 0 aromatic heterocycles. The average Bonchev–Trinajstić information content (AvgIpc) is 2.90. The Morgan fingerprint density at radius 3 is 2.44 bits per heavy atom. The Bertz CT molecular complexity index is 1670. The number of hydrogen-bond donors (Lipinski definition) is 1. The summed E-state index contributed by atoms with van der Waals surface area (Å²) in [5.74, 6) is -0.194. The second-order valence-electron chi connectivity index (χ2n) is 11.5. The van der Waals surface area contributed by atoms with Gasteiger partial charge >= 0.3 is 0 Å². The number of Topliss-reactive ketones (excluding diaryl/α,β-unsaturated/α-hetero) is 1. The smallest absolute Gasteiger partial charge is 0.162 e. The molecule has 1 heterocycles. The molecule has 1 unspecified atom stereocenters. The predicted octanol–water partition coefficient (Wildman–Crippen LogP) is 8.27. The van der Waals surface area contributed by atoms with Crippen molar-refractivity contribution in [2.75, 3.05) is 4.90 Å².